The smallest absolute Gasteiger partial charge is 0.243 e. The molecule has 250 valence electrons. The molecule has 11 nitrogen and oxygen atoms in total. The largest absolute Gasteiger partial charge is 0.508 e. The molecule has 0 saturated carbocycles. The van der Waals surface area contributed by atoms with Gasteiger partial charge in [-0.1, -0.05) is 39.0 Å². The van der Waals surface area contributed by atoms with E-state index >= 15 is 0 Å². The number of carbonyl (C=O) groups excluding carboxylic acids is 5. The first-order valence-electron chi connectivity index (χ1n) is 16.2. The molecule has 2 aliphatic heterocycles. The van der Waals surface area contributed by atoms with E-state index in [9.17, 15) is 29.1 Å². The van der Waals surface area contributed by atoms with Gasteiger partial charge in [-0.15, -0.1) is 11.3 Å². The lowest BCUT2D eigenvalue weighted by molar-refractivity contribution is -0.139. The van der Waals surface area contributed by atoms with Gasteiger partial charge in [-0.25, -0.2) is 0 Å². The van der Waals surface area contributed by atoms with Gasteiger partial charge in [0, 0.05) is 49.3 Å². The van der Waals surface area contributed by atoms with E-state index in [0.29, 0.717) is 25.7 Å². The summed E-state index contributed by atoms with van der Waals surface area (Å²) in [5.74, 6) is -0.941. The van der Waals surface area contributed by atoms with Gasteiger partial charge in [0.25, 0.3) is 0 Å². The Morgan fingerprint density at radius 2 is 1.83 bits per heavy atom. The highest BCUT2D eigenvalue weighted by molar-refractivity contribution is 7.10. The number of hydrogen-bond acceptors (Lipinski definition) is 7. The second-order valence-electron chi connectivity index (χ2n) is 12.9. The van der Waals surface area contributed by atoms with Crippen molar-refractivity contribution in [1.29, 1.82) is 0 Å². The molecule has 0 bridgehead atoms. The van der Waals surface area contributed by atoms with Crippen molar-refractivity contribution >= 4 is 40.9 Å². The van der Waals surface area contributed by atoms with Crippen LogP contribution >= 0.6 is 11.3 Å². The van der Waals surface area contributed by atoms with Crippen LogP contribution in [0.4, 0.5) is 0 Å². The van der Waals surface area contributed by atoms with Gasteiger partial charge in [0.15, 0.2) is 0 Å². The van der Waals surface area contributed by atoms with Crippen molar-refractivity contribution in [2.45, 2.75) is 96.3 Å². The van der Waals surface area contributed by atoms with Gasteiger partial charge in [0.05, 0.1) is 6.42 Å². The third kappa shape index (κ3) is 10.3. The van der Waals surface area contributed by atoms with Crippen LogP contribution in [0.3, 0.4) is 0 Å². The average Bonchev–Trinajstić information content (AvgIpc) is 3.67. The number of fused-ring (bicyclic) bond motifs is 1. The summed E-state index contributed by atoms with van der Waals surface area (Å²) in [6.45, 7) is 6.50. The van der Waals surface area contributed by atoms with Gasteiger partial charge in [0.2, 0.25) is 29.5 Å². The first kappa shape index (κ1) is 34.9. The number of carbonyl (C=O) groups is 5. The number of rotatable bonds is 6. The molecule has 2 saturated heterocycles. The number of phenols is 1. The molecular formula is C34H47N5O6S. The SMILES string of the molecule is CC(C)[C@@H]1CC[C@@H](C)CC(=O)N[C@@H](Cc2ccc(O)cc2)C(=O)NCCCC(=O)N2C[C@H](NC(=O)Cc3cccs3)C[C@H]2C(=O)N1. The highest BCUT2D eigenvalue weighted by Crippen LogP contribution is 2.23. The zero-order valence-electron chi connectivity index (χ0n) is 26.9. The number of benzene rings is 1. The Kier molecular flexibility index (Phi) is 12.6. The summed E-state index contributed by atoms with van der Waals surface area (Å²) < 4.78 is 0. The van der Waals surface area contributed by atoms with Gasteiger partial charge in [0.1, 0.15) is 17.8 Å². The Hall–Kier alpha value is -3.93. The summed E-state index contributed by atoms with van der Waals surface area (Å²) in [4.78, 5) is 68.7. The fraction of sp³-hybridized carbons (Fsp3) is 0.559. The van der Waals surface area contributed by atoms with Gasteiger partial charge >= 0.3 is 0 Å². The second kappa shape index (κ2) is 16.6. The van der Waals surface area contributed by atoms with Gasteiger partial charge in [-0.3, -0.25) is 24.0 Å². The Balaban J connectivity index is 1.48. The van der Waals surface area contributed by atoms with Crippen LogP contribution in [0.25, 0.3) is 0 Å². The monoisotopic (exact) mass is 653 g/mol. The van der Waals surface area contributed by atoms with Crippen LogP contribution in [0.15, 0.2) is 41.8 Å². The molecule has 5 atom stereocenters. The molecule has 2 fully saturated rings. The quantitative estimate of drug-likeness (QED) is 0.323. The number of aromatic hydroxyl groups is 1. The maximum atomic E-state index is 13.7. The van der Waals surface area contributed by atoms with E-state index in [0.717, 1.165) is 10.4 Å². The highest BCUT2D eigenvalue weighted by atomic mass is 32.1. The van der Waals surface area contributed by atoms with Crippen LogP contribution < -0.4 is 21.3 Å². The number of amides is 5. The maximum absolute atomic E-state index is 13.7. The van der Waals surface area contributed by atoms with Gasteiger partial charge in [-0.2, -0.15) is 0 Å². The van der Waals surface area contributed by atoms with Gasteiger partial charge < -0.3 is 31.3 Å². The summed E-state index contributed by atoms with van der Waals surface area (Å²) in [6, 6.07) is 8.27. The zero-order valence-corrected chi connectivity index (χ0v) is 27.7. The van der Waals surface area contributed by atoms with E-state index in [1.165, 1.54) is 11.3 Å². The summed E-state index contributed by atoms with van der Waals surface area (Å²) in [5, 5.41) is 23.5. The van der Waals surface area contributed by atoms with Crippen LogP contribution in [0.5, 0.6) is 5.75 Å². The van der Waals surface area contributed by atoms with Crippen LogP contribution in [-0.4, -0.2) is 76.8 Å². The van der Waals surface area contributed by atoms with Crippen LogP contribution in [0.1, 0.15) is 69.7 Å². The zero-order chi connectivity index (χ0) is 33.2. The molecule has 2 aliphatic rings. The van der Waals surface area contributed by atoms with Crippen LogP contribution in [-0.2, 0) is 36.8 Å². The fourth-order valence-corrected chi connectivity index (χ4v) is 6.80. The average molecular weight is 654 g/mol. The minimum absolute atomic E-state index is 0.00177. The normalized spacial score (nSPS) is 25.6. The lowest BCUT2D eigenvalue weighted by Crippen LogP contribution is -2.50. The Bertz CT molecular complexity index is 1350. The standard InChI is InChI=1S/C34H47N5O6S/c1-21(2)27-13-8-22(3)16-30(41)37-28(17-23-9-11-25(40)12-10-23)33(44)35-14-4-7-32(43)39-20-24(18-29(39)34(45)38-27)36-31(42)19-26-6-5-15-46-26/h5-6,9-12,15,21-22,24,27-29,40H,4,7-8,13-14,16-20H2,1-3H3,(H,35,44)(H,36,42)(H,37,41)(H,38,45)/t22-,24-,27+,28+,29+/m1/s1. The molecule has 12 heteroatoms. The molecule has 1 aromatic carbocycles. The molecule has 1 aromatic heterocycles. The summed E-state index contributed by atoms with van der Waals surface area (Å²) in [5.41, 5.74) is 0.788. The predicted octanol–water partition coefficient (Wildman–Crippen LogP) is 2.67. The Labute approximate surface area is 274 Å². The molecule has 0 aliphatic carbocycles. The predicted molar refractivity (Wildman–Crippen MR) is 176 cm³/mol. The lowest BCUT2D eigenvalue weighted by atomic mass is 9.92. The third-order valence-corrected chi connectivity index (χ3v) is 9.61. The second-order valence-corrected chi connectivity index (χ2v) is 14.0. The molecule has 0 unspecified atom stereocenters. The molecule has 5 N–H and O–H groups in total. The number of nitrogens with one attached hydrogen (secondary N) is 4. The third-order valence-electron chi connectivity index (χ3n) is 8.74. The van der Waals surface area contributed by atoms with E-state index in [-0.39, 0.29) is 98.0 Å². The van der Waals surface area contributed by atoms with Crippen molar-refractivity contribution in [3.05, 3.63) is 52.2 Å². The fourth-order valence-electron chi connectivity index (χ4n) is 6.10. The summed E-state index contributed by atoms with van der Waals surface area (Å²) >= 11 is 1.51. The first-order valence-corrected chi connectivity index (χ1v) is 17.1. The highest BCUT2D eigenvalue weighted by Gasteiger charge is 2.40. The maximum Gasteiger partial charge on any atom is 0.243 e. The number of nitrogens with zero attached hydrogens (tertiary/aromatic N) is 1. The molecule has 2 aromatic rings. The van der Waals surface area contributed by atoms with Crippen molar-refractivity contribution in [2.24, 2.45) is 11.8 Å². The Morgan fingerprint density at radius 1 is 1.07 bits per heavy atom. The number of phenolic OH excluding ortho intramolecular Hbond substituents is 1. The van der Waals surface area contributed by atoms with Crippen molar-refractivity contribution in [3.8, 4) is 5.75 Å². The first-order chi connectivity index (χ1) is 22.0. The van der Waals surface area contributed by atoms with E-state index < -0.39 is 12.1 Å². The summed E-state index contributed by atoms with van der Waals surface area (Å²) in [6.07, 6.45) is 2.84. The van der Waals surface area contributed by atoms with Crippen LogP contribution in [0.2, 0.25) is 0 Å². The minimum atomic E-state index is -0.817. The molecule has 0 radical (unpaired) electrons. The van der Waals surface area contributed by atoms with Crippen LogP contribution in [0, 0.1) is 11.8 Å². The molecule has 5 amide bonds. The Morgan fingerprint density at radius 3 is 2.52 bits per heavy atom. The molecule has 0 spiro atoms. The van der Waals surface area contributed by atoms with Crippen molar-refractivity contribution in [1.82, 2.24) is 26.2 Å². The molecular weight excluding hydrogens is 606 g/mol. The molecule has 3 heterocycles. The lowest BCUT2D eigenvalue weighted by Gasteiger charge is -2.29. The number of thiophene rings is 1. The number of hydrogen-bond donors (Lipinski definition) is 5. The summed E-state index contributed by atoms with van der Waals surface area (Å²) in [7, 11) is 0. The van der Waals surface area contributed by atoms with E-state index in [1.807, 2.05) is 38.3 Å². The topological polar surface area (TPSA) is 157 Å². The van der Waals surface area contributed by atoms with E-state index in [1.54, 1.807) is 29.2 Å². The molecule has 46 heavy (non-hydrogen) atoms. The van der Waals surface area contributed by atoms with Gasteiger partial charge in [-0.05, 0) is 66.7 Å². The minimum Gasteiger partial charge on any atom is -0.508 e. The van der Waals surface area contributed by atoms with Crippen molar-refractivity contribution in [3.63, 3.8) is 0 Å². The van der Waals surface area contributed by atoms with Crippen molar-refractivity contribution < 1.29 is 29.1 Å². The van der Waals surface area contributed by atoms with E-state index in [2.05, 4.69) is 21.3 Å². The van der Waals surface area contributed by atoms with Crippen molar-refractivity contribution in [2.75, 3.05) is 13.1 Å². The van der Waals surface area contributed by atoms with E-state index in [4.69, 9.17) is 0 Å². The molecule has 4 rings (SSSR count).